The van der Waals surface area contributed by atoms with Crippen molar-refractivity contribution in [2.24, 2.45) is 0 Å². The Kier molecular flexibility index (Phi) is 5.83. The summed E-state index contributed by atoms with van der Waals surface area (Å²) in [5, 5.41) is 2.96. The van der Waals surface area contributed by atoms with Crippen LogP contribution in [0.25, 0.3) is 0 Å². The van der Waals surface area contributed by atoms with Crippen molar-refractivity contribution in [3.63, 3.8) is 0 Å². The number of carbonyl (C=O) groups excluding carboxylic acids is 1. The molecule has 21 heavy (non-hydrogen) atoms. The van der Waals surface area contributed by atoms with Crippen LogP contribution in [0.3, 0.4) is 0 Å². The molecule has 2 aromatic rings. The molecule has 0 aromatic heterocycles. The van der Waals surface area contributed by atoms with Gasteiger partial charge in [-0.25, -0.2) is 0 Å². The normalized spacial score (nSPS) is 11.7. The van der Waals surface area contributed by atoms with E-state index in [1.807, 2.05) is 55.5 Å². The van der Waals surface area contributed by atoms with E-state index in [0.29, 0.717) is 5.75 Å². The van der Waals surface area contributed by atoms with E-state index in [1.165, 1.54) is 5.56 Å². The van der Waals surface area contributed by atoms with Gasteiger partial charge in [0.2, 0.25) is 0 Å². The Balaban J connectivity index is 1.67. The van der Waals surface area contributed by atoms with Crippen molar-refractivity contribution in [3.8, 4) is 5.75 Å². The second-order valence-corrected chi connectivity index (χ2v) is 5.09. The first kappa shape index (κ1) is 15.1. The molecule has 1 unspecified atom stereocenters. The molecule has 3 nitrogen and oxygen atoms in total. The lowest BCUT2D eigenvalue weighted by molar-refractivity contribution is -0.123. The highest BCUT2D eigenvalue weighted by molar-refractivity contribution is 5.77. The van der Waals surface area contributed by atoms with Crippen LogP contribution < -0.4 is 10.1 Å². The molecule has 3 heteroatoms. The summed E-state index contributed by atoms with van der Waals surface area (Å²) in [5.41, 5.74) is 1.29. The summed E-state index contributed by atoms with van der Waals surface area (Å²) in [6.07, 6.45) is 1.88. The Morgan fingerprint density at radius 3 is 2.33 bits per heavy atom. The predicted molar refractivity (Wildman–Crippen MR) is 84.3 cm³/mol. The number of para-hydroxylation sites is 1. The van der Waals surface area contributed by atoms with Crippen LogP contribution in [0.2, 0.25) is 0 Å². The average Bonchev–Trinajstić information content (AvgIpc) is 2.53. The van der Waals surface area contributed by atoms with Gasteiger partial charge in [-0.2, -0.15) is 0 Å². The lowest BCUT2D eigenvalue weighted by Gasteiger charge is -2.14. The van der Waals surface area contributed by atoms with Crippen LogP contribution in [-0.4, -0.2) is 18.6 Å². The van der Waals surface area contributed by atoms with Gasteiger partial charge in [-0.3, -0.25) is 4.79 Å². The number of rotatable bonds is 7. The van der Waals surface area contributed by atoms with E-state index in [1.54, 1.807) is 0 Å². The monoisotopic (exact) mass is 283 g/mol. The molecule has 0 saturated carbocycles. The van der Waals surface area contributed by atoms with Crippen molar-refractivity contribution >= 4 is 5.91 Å². The summed E-state index contributed by atoms with van der Waals surface area (Å²) in [4.78, 5) is 11.8. The van der Waals surface area contributed by atoms with Crippen molar-refractivity contribution in [2.75, 3.05) is 6.61 Å². The van der Waals surface area contributed by atoms with Crippen molar-refractivity contribution < 1.29 is 9.53 Å². The summed E-state index contributed by atoms with van der Waals surface area (Å²) in [7, 11) is 0. The minimum absolute atomic E-state index is 0.0552. The fourth-order valence-corrected chi connectivity index (χ4v) is 2.08. The van der Waals surface area contributed by atoms with Crippen LogP contribution in [0.1, 0.15) is 18.9 Å². The van der Waals surface area contributed by atoms with E-state index in [-0.39, 0.29) is 18.6 Å². The van der Waals surface area contributed by atoms with E-state index < -0.39 is 0 Å². The third kappa shape index (κ3) is 5.69. The highest BCUT2D eigenvalue weighted by Crippen LogP contribution is 2.08. The molecule has 1 N–H and O–H groups in total. The quantitative estimate of drug-likeness (QED) is 0.847. The molecule has 0 spiro atoms. The summed E-state index contributed by atoms with van der Waals surface area (Å²) in [5.74, 6) is 0.629. The molecule has 110 valence electrons. The maximum Gasteiger partial charge on any atom is 0.258 e. The number of hydrogen-bond acceptors (Lipinski definition) is 2. The third-order valence-electron chi connectivity index (χ3n) is 3.23. The fraction of sp³-hybridized carbons (Fsp3) is 0.278. The summed E-state index contributed by atoms with van der Waals surface area (Å²) < 4.78 is 5.42. The smallest absolute Gasteiger partial charge is 0.258 e. The van der Waals surface area contributed by atoms with Gasteiger partial charge >= 0.3 is 0 Å². The molecule has 0 bridgehead atoms. The Morgan fingerprint density at radius 1 is 1.05 bits per heavy atom. The average molecular weight is 283 g/mol. The lowest BCUT2D eigenvalue weighted by Crippen LogP contribution is -2.36. The van der Waals surface area contributed by atoms with Crippen molar-refractivity contribution in [1.82, 2.24) is 5.32 Å². The predicted octanol–water partition coefficient (Wildman–Crippen LogP) is 3.20. The molecule has 2 rings (SSSR count). The number of ether oxygens (including phenoxy) is 1. The van der Waals surface area contributed by atoms with Crippen LogP contribution >= 0.6 is 0 Å². The number of nitrogens with one attached hydrogen (secondary N) is 1. The first-order valence-electron chi connectivity index (χ1n) is 7.25. The SMILES string of the molecule is CC(CCc1ccccc1)NC(=O)COc1ccccc1. The maximum absolute atomic E-state index is 11.8. The first-order chi connectivity index (χ1) is 10.2. The Labute approximate surface area is 126 Å². The first-order valence-corrected chi connectivity index (χ1v) is 7.25. The standard InChI is InChI=1S/C18H21NO2/c1-15(12-13-16-8-4-2-5-9-16)19-18(20)14-21-17-10-6-3-7-11-17/h2-11,15H,12-14H2,1H3,(H,19,20). The molecule has 0 heterocycles. The third-order valence-corrected chi connectivity index (χ3v) is 3.23. The number of carbonyl (C=O) groups is 1. The van der Waals surface area contributed by atoms with Gasteiger partial charge in [-0.15, -0.1) is 0 Å². The molecule has 1 amide bonds. The summed E-state index contributed by atoms with van der Waals surface area (Å²) in [6, 6.07) is 19.8. The van der Waals surface area contributed by atoms with E-state index in [4.69, 9.17) is 4.74 Å². The van der Waals surface area contributed by atoms with Crippen LogP contribution in [0.15, 0.2) is 60.7 Å². The van der Waals surface area contributed by atoms with Gasteiger partial charge in [0.1, 0.15) is 5.75 Å². The second-order valence-electron chi connectivity index (χ2n) is 5.09. The fourth-order valence-electron chi connectivity index (χ4n) is 2.08. The topological polar surface area (TPSA) is 38.3 Å². The number of hydrogen-bond donors (Lipinski definition) is 1. The van der Waals surface area contributed by atoms with E-state index in [0.717, 1.165) is 12.8 Å². The Morgan fingerprint density at radius 2 is 1.67 bits per heavy atom. The minimum atomic E-state index is -0.0839. The number of amides is 1. The zero-order valence-corrected chi connectivity index (χ0v) is 12.3. The molecular formula is C18H21NO2. The van der Waals surface area contributed by atoms with Crippen LogP contribution in [0.4, 0.5) is 0 Å². The molecule has 0 saturated heterocycles. The molecule has 0 radical (unpaired) electrons. The lowest BCUT2D eigenvalue weighted by atomic mass is 10.1. The number of benzene rings is 2. The zero-order chi connectivity index (χ0) is 14.9. The summed E-state index contributed by atoms with van der Waals surface area (Å²) >= 11 is 0. The van der Waals surface area contributed by atoms with Crippen molar-refractivity contribution in [2.45, 2.75) is 25.8 Å². The van der Waals surface area contributed by atoms with E-state index in [2.05, 4.69) is 17.4 Å². The largest absolute Gasteiger partial charge is 0.484 e. The Hall–Kier alpha value is -2.29. The highest BCUT2D eigenvalue weighted by atomic mass is 16.5. The van der Waals surface area contributed by atoms with Gasteiger partial charge in [0.05, 0.1) is 0 Å². The van der Waals surface area contributed by atoms with Gasteiger partial charge < -0.3 is 10.1 Å². The second kappa shape index (κ2) is 8.10. The molecule has 0 aliphatic rings. The van der Waals surface area contributed by atoms with Gasteiger partial charge in [0.25, 0.3) is 5.91 Å². The molecule has 2 aromatic carbocycles. The molecule has 0 aliphatic heterocycles. The summed E-state index contributed by atoms with van der Waals surface area (Å²) in [6.45, 7) is 2.07. The molecule has 0 aliphatic carbocycles. The molecule has 0 fully saturated rings. The van der Waals surface area contributed by atoms with Crippen LogP contribution in [0.5, 0.6) is 5.75 Å². The van der Waals surface area contributed by atoms with Crippen molar-refractivity contribution in [1.29, 1.82) is 0 Å². The Bertz CT molecular complexity index is 540. The van der Waals surface area contributed by atoms with Crippen LogP contribution in [0, 0.1) is 0 Å². The highest BCUT2D eigenvalue weighted by Gasteiger charge is 2.08. The van der Waals surface area contributed by atoms with E-state index in [9.17, 15) is 4.79 Å². The van der Waals surface area contributed by atoms with Gasteiger partial charge in [0.15, 0.2) is 6.61 Å². The number of aryl methyl sites for hydroxylation is 1. The molecular weight excluding hydrogens is 262 g/mol. The van der Waals surface area contributed by atoms with Crippen molar-refractivity contribution in [3.05, 3.63) is 66.2 Å². The maximum atomic E-state index is 11.8. The van der Waals surface area contributed by atoms with Gasteiger partial charge in [-0.1, -0.05) is 48.5 Å². The van der Waals surface area contributed by atoms with Gasteiger partial charge in [0, 0.05) is 6.04 Å². The van der Waals surface area contributed by atoms with E-state index >= 15 is 0 Å². The van der Waals surface area contributed by atoms with Gasteiger partial charge in [-0.05, 0) is 37.5 Å². The zero-order valence-electron chi connectivity index (χ0n) is 12.3. The minimum Gasteiger partial charge on any atom is -0.484 e. The van der Waals surface area contributed by atoms with Crippen LogP contribution in [-0.2, 0) is 11.2 Å². The molecule has 1 atom stereocenters.